The number of nitrogens with two attached hydrogens (primary N) is 1. The molecule has 0 saturated carbocycles. The lowest BCUT2D eigenvalue weighted by atomic mass is 9.96. The van der Waals surface area contributed by atoms with Crippen LogP contribution in [0, 0.1) is 5.92 Å². The number of hydrogen-bond donors (Lipinski definition) is 4. The summed E-state index contributed by atoms with van der Waals surface area (Å²) in [5, 5.41) is 15.8. The lowest BCUT2D eigenvalue weighted by Gasteiger charge is -2.24. The molecule has 0 aliphatic heterocycles. The second-order valence-corrected chi connectivity index (χ2v) is 9.00. The highest BCUT2D eigenvalue weighted by Gasteiger charge is 2.25. The van der Waals surface area contributed by atoms with Gasteiger partial charge in [-0.15, -0.1) is 0 Å². The standard InChI is InChI=1S/C27H26BrN3O5/c1-16(7-14-25(34)31-23-6-4-3-5-22(23)29)26(21-15-19(28)10-13-24(21)33)36-27(35)30-20-11-8-18(9-12-20)17(2)32/h3-16,26,33H,29H2,1-2H3,(H,30,35)(H,31,34)/b14-7+/t16-,26+/m0/s1. The number of hydrogen-bond acceptors (Lipinski definition) is 6. The molecule has 0 heterocycles. The Bertz CT molecular complexity index is 1290. The van der Waals surface area contributed by atoms with Gasteiger partial charge in [-0.05, 0) is 67.6 Å². The van der Waals surface area contributed by atoms with Gasteiger partial charge in [-0.25, -0.2) is 4.79 Å². The zero-order valence-electron chi connectivity index (χ0n) is 19.7. The van der Waals surface area contributed by atoms with E-state index in [-0.39, 0.29) is 11.5 Å². The minimum atomic E-state index is -0.926. The van der Waals surface area contributed by atoms with Crippen molar-refractivity contribution in [3.8, 4) is 5.75 Å². The molecule has 2 atom stereocenters. The van der Waals surface area contributed by atoms with Crippen LogP contribution in [0.5, 0.6) is 5.75 Å². The Balaban J connectivity index is 1.77. The first-order valence-electron chi connectivity index (χ1n) is 11.0. The number of para-hydroxylation sites is 2. The largest absolute Gasteiger partial charge is 0.508 e. The molecule has 9 heteroatoms. The Labute approximate surface area is 217 Å². The summed E-state index contributed by atoms with van der Waals surface area (Å²) >= 11 is 3.37. The van der Waals surface area contributed by atoms with E-state index in [0.717, 1.165) is 0 Å². The predicted octanol–water partition coefficient (Wildman–Crippen LogP) is 6.06. The highest BCUT2D eigenvalue weighted by molar-refractivity contribution is 9.10. The van der Waals surface area contributed by atoms with Crippen LogP contribution in [0.4, 0.5) is 21.9 Å². The molecule has 186 valence electrons. The molecule has 2 amide bonds. The fraction of sp³-hybridized carbons (Fsp3) is 0.148. The number of ketones is 1. The smallest absolute Gasteiger partial charge is 0.412 e. The van der Waals surface area contributed by atoms with Crippen molar-refractivity contribution in [2.75, 3.05) is 16.4 Å². The van der Waals surface area contributed by atoms with Crippen LogP contribution in [-0.4, -0.2) is 22.9 Å². The van der Waals surface area contributed by atoms with Gasteiger partial charge in [0.2, 0.25) is 5.91 Å². The SMILES string of the molecule is CC(=O)c1ccc(NC(=O)O[C@@H](c2cc(Br)ccc2O)[C@@H](C)/C=C/C(=O)Nc2ccccc2N)cc1. The number of halogens is 1. The Morgan fingerprint density at radius 1 is 1.03 bits per heavy atom. The fourth-order valence-corrected chi connectivity index (χ4v) is 3.76. The topological polar surface area (TPSA) is 131 Å². The second-order valence-electron chi connectivity index (χ2n) is 8.08. The zero-order valence-corrected chi connectivity index (χ0v) is 21.3. The molecule has 0 spiro atoms. The number of nitrogens with one attached hydrogen (secondary N) is 2. The van der Waals surface area contributed by atoms with Crippen molar-refractivity contribution < 1.29 is 24.2 Å². The molecule has 0 saturated heterocycles. The maximum Gasteiger partial charge on any atom is 0.412 e. The first-order valence-corrected chi connectivity index (χ1v) is 11.8. The van der Waals surface area contributed by atoms with Crippen molar-refractivity contribution in [3.63, 3.8) is 0 Å². The summed E-state index contributed by atoms with van der Waals surface area (Å²) in [7, 11) is 0. The van der Waals surface area contributed by atoms with Gasteiger partial charge in [0.25, 0.3) is 0 Å². The van der Waals surface area contributed by atoms with Crippen LogP contribution in [0.15, 0.2) is 83.4 Å². The van der Waals surface area contributed by atoms with Gasteiger partial charge in [0.15, 0.2) is 5.78 Å². The lowest BCUT2D eigenvalue weighted by Crippen LogP contribution is -2.21. The molecule has 36 heavy (non-hydrogen) atoms. The molecule has 0 aromatic heterocycles. The van der Waals surface area contributed by atoms with E-state index in [1.165, 1.54) is 19.1 Å². The van der Waals surface area contributed by atoms with E-state index in [9.17, 15) is 19.5 Å². The van der Waals surface area contributed by atoms with Crippen molar-refractivity contribution in [2.45, 2.75) is 20.0 Å². The van der Waals surface area contributed by atoms with Crippen LogP contribution in [0.25, 0.3) is 0 Å². The number of aromatic hydroxyl groups is 1. The molecule has 3 aromatic carbocycles. The van der Waals surface area contributed by atoms with Gasteiger partial charge in [0.05, 0.1) is 11.4 Å². The van der Waals surface area contributed by atoms with Crippen LogP contribution in [-0.2, 0) is 9.53 Å². The van der Waals surface area contributed by atoms with Crippen molar-refractivity contribution >= 4 is 50.8 Å². The van der Waals surface area contributed by atoms with Crippen molar-refractivity contribution in [3.05, 3.63) is 94.5 Å². The Kier molecular flexibility index (Phi) is 8.86. The predicted molar refractivity (Wildman–Crippen MR) is 143 cm³/mol. The molecule has 8 nitrogen and oxygen atoms in total. The van der Waals surface area contributed by atoms with Gasteiger partial charge in [0.1, 0.15) is 11.9 Å². The van der Waals surface area contributed by atoms with Crippen molar-refractivity contribution in [1.29, 1.82) is 0 Å². The summed E-state index contributed by atoms with van der Waals surface area (Å²) in [6.45, 7) is 3.20. The first-order chi connectivity index (χ1) is 17.1. The molecule has 0 fully saturated rings. The average molecular weight is 552 g/mol. The molecule has 0 bridgehead atoms. The maximum atomic E-state index is 12.7. The molecule has 5 N–H and O–H groups in total. The highest BCUT2D eigenvalue weighted by Crippen LogP contribution is 2.35. The highest BCUT2D eigenvalue weighted by atomic mass is 79.9. The van der Waals surface area contributed by atoms with Gasteiger partial charge in [0, 0.05) is 27.2 Å². The molecule has 0 aliphatic rings. The number of anilines is 3. The Morgan fingerprint density at radius 2 is 1.72 bits per heavy atom. The first kappa shape index (κ1) is 26.5. The van der Waals surface area contributed by atoms with E-state index in [1.54, 1.807) is 73.7 Å². The Morgan fingerprint density at radius 3 is 2.39 bits per heavy atom. The third kappa shape index (κ3) is 7.19. The van der Waals surface area contributed by atoms with E-state index in [2.05, 4.69) is 26.6 Å². The van der Waals surface area contributed by atoms with E-state index >= 15 is 0 Å². The van der Waals surface area contributed by atoms with Crippen LogP contribution >= 0.6 is 15.9 Å². The molecule has 3 aromatic rings. The quantitative estimate of drug-likeness (QED) is 0.153. The molecule has 0 radical (unpaired) electrons. The van der Waals surface area contributed by atoms with Crippen molar-refractivity contribution in [2.24, 2.45) is 5.92 Å². The normalized spacial score (nSPS) is 12.5. The molecular formula is C27H26BrN3O5. The number of amides is 2. The third-order valence-corrected chi connectivity index (χ3v) is 5.81. The fourth-order valence-electron chi connectivity index (χ4n) is 3.38. The number of Topliss-reactive ketones (excluding diaryl/α,β-unsaturated/α-hetero) is 1. The average Bonchev–Trinajstić information content (AvgIpc) is 2.84. The molecular weight excluding hydrogens is 526 g/mol. The third-order valence-electron chi connectivity index (χ3n) is 5.32. The number of phenols is 1. The number of carbonyl (C=O) groups excluding carboxylic acids is 3. The second kappa shape index (κ2) is 12.0. The summed E-state index contributed by atoms with van der Waals surface area (Å²) < 4.78 is 6.36. The van der Waals surface area contributed by atoms with Crippen LogP contribution < -0.4 is 16.4 Å². The summed E-state index contributed by atoms with van der Waals surface area (Å²) in [5.74, 6) is -1.07. The van der Waals surface area contributed by atoms with Gasteiger partial charge in [-0.2, -0.15) is 0 Å². The Hall–Kier alpha value is -4.11. The number of nitrogen functional groups attached to an aromatic ring is 1. The number of phenolic OH excluding ortho intramolecular Hbond substituents is 1. The van der Waals surface area contributed by atoms with Gasteiger partial charge < -0.3 is 20.9 Å². The van der Waals surface area contributed by atoms with Gasteiger partial charge in [-0.3, -0.25) is 14.9 Å². The monoisotopic (exact) mass is 551 g/mol. The van der Waals surface area contributed by atoms with E-state index in [0.29, 0.717) is 32.7 Å². The van der Waals surface area contributed by atoms with Gasteiger partial charge in [-0.1, -0.05) is 41.1 Å². The molecule has 0 unspecified atom stereocenters. The number of rotatable bonds is 8. The van der Waals surface area contributed by atoms with E-state index in [1.807, 2.05) is 0 Å². The lowest BCUT2D eigenvalue weighted by molar-refractivity contribution is -0.111. The van der Waals surface area contributed by atoms with Crippen LogP contribution in [0.2, 0.25) is 0 Å². The minimum Gasteiger partial charge on any atom is -0.508 e. The summed E-state index contributed by atoms with van der Waals surface area (Å²) in [6.07, 6.45) is 1.21. The van der Waals surface area contributed by atoms with Crippen LogP contribution in [0.3, 0.4) is 0 Å². The summed E-state index contributed by atoms with van der Waals surface area (Å²) in [6, 6.07) is 18.0. The number of ether oxygens (including phenoxy) is 1. The van der Waals surface area contributed by atoms with Gasteiger partial charge >= 0.3 is 6.09 Å². The minimum absolute atomic E-state index is 0.0661. The molecule has 3 rings (SSSR count). The zero-order chi connectivity index (χ0) is 26.2. The van der Waals surface area contributed by atoms with Crippen LogP contribution in [0.1, 0.15) is 35.9 Å². The maximum absolute atomic E-state index is 12.7. The van der Waals surface area contributed by atoms with Crippen molar-refractivity contribution in [1.82, 2.24) is 0 Å². The van der Waals surface area contributed by atoms with E-state index in [4.69, 9.17) is 10.5 Å². The van der Waals surface area contributed by atoms with E-state index < -0.39 is 24.0 Å². The summed E-state index contributed by atoms with van der Waals surface area (Å²) in [4.78, 5) is 36.6. The summed E-state index contributed by atoms with van der Waals surface area (Å²) in [5.41, 5.74) is 8.09. The number of benzene rings is 3. The molecule has 0 aliphatic carbocycles. The number of carbonyl (C=O) groups is 3.